The predicted molar refractivity (Wildman–Crippen MR) is 169 cm³/mol. The molecule has 0 aliphatic carbocycles. The second-order valence-corrected chi connectivity index (χ2v) is 11.2. The quantitative estimate of drug-likeness (QED) is 0.199. The number of hydrogen-bond donors (Lipinski definition) is 4. The van der Waals surface area contributed by atoms with Crippen molar-refractivity contribution in [1.82, 2.24) is 25.9 Å². The Hall–Kier alpha value is -4.50. The van der Waals surface area contributed by atoms with Crippen molar-refractivity contribution >= 4 is 22.6 Å². The van der Waals surface area contributed by atoms with Crippen molar-refractivity contribution in [2.24, 2.45) is 5.10 Å². The lowest BCUT2D eigenvalue weighted by Crippen LogP contribution is -2.53. The van der Waals surface area contributed by atoms with Crippen LogP contribution in [0.15, 0.2) is 84.1 Å². The summed E-state index contributed by atoms with van der Waals surface area (Å²) in [6.07, 6.45) is 6.15. The molecule has 3 heterocycles. The first-order chi connectivity index (χ1) is 21.1. The number of hydrazone groups is 1. The van der Waals surface area contributed by atoms with Crippen LogP contribution in [0.25, 0.3) is 10.9 Å². The summed E-state index contributed by atoms with van der Waals surface area (Å²) in [5, 5.41) is 12.8. The summed E-state index contributed by atoms with van der Waals surface area (Å²) >= 11 is 0. The summed E-state index contributed by atoms with van der Waals surface area (Å²) in [4.78, 5) is 19.2. The number of nitrogens with one attached hydrogen (secondary N) is 4. The van der Waals surface area contributed by atoms with Crippen molar-refractivity contribution in [2.75, 3.05) is 20.8 Å². The van der Waals surface area contributed by atoms with Gasteiger partial charge in [-0.15, -0.1) is 0 Å². The molecule has 9 heteroatoms. The number of amidine groups is 1. The lowest BCUT2D eigenvalue weighted by molar-refractivity contribution is -0.123. The van der Waals surface area contributed by atoms with Crippen molar-refractivity contribution in [3.63, 3.8) is 0 Å². The molecule has 9 nitrogen and oxygen atoms in total. The van der Waals surface area contributed by atoms with Crippen LogP contribution in [0.3, 0.4) is 0 Å². The Labute approximate surface area is 252 Å². The van der Waals surface area contributed by atoms with Gasteiger partial charge in [-0.3, -0.25) is 10.2 Å². The number of rotatable bonds is 12. The fraction of sp³-hybridized carbons (Fsp3) is 0.353. The minimum atomic E-state index is -0.340. The van der Waals surface area contributed by atoms with E-state index in [0.29, 0.717) is 13.0 Å². The van der Waals surface area contributed by atoms with Crippen molar-refractivity contribution in [3.05, 3.63) is 95.7 Å². The maximum atomic E-state index is 13.5. The Balaban J connectivity index is 1.32. The van der Waals surface area contributed by atoms with E-state index in [1.54, 1.807) is 14.2 Å². The smallest absolute Gasteiger partial charge is 0.237 e. The third-order valence-corrected chi connectivity index (χ3v) is 8.49. The summed E-state index contributed by atoms with van der Waals surface area (Å²) < 4.78 is 11.2. The van der Waals surface area contributed by atoms with Crippen LogP contribution in [-0.2, 0) is 24.2 Å². The highest BCUT2D eigenvalue weighted by molar-refractivity contribution is 5.95. The Morgan fingerprint density at radius 3 is 2.67 bits per heavy atom. The van der Waals surface area contributed by atoms with Gasteiger partial charge in [0.25, 0.3) is 0 Å². The third kappa shape index (κ3) is 6.46. The van der Waals surface area contributed by atoms with Crippen molar-refractivity contribution in [3.8, 4) is 11.5 Å². The number of amides is 1. The molecule has 0 bridgehead atoms. The Kier molecular flexibility index (Phi) is 8.79. The van der Waals surface area contributed by atoms with Crippen molar-refractivity contribution in [2.45, 2.75) is 56.9 Å². The molecule has 3 atom stereocenters. The van der Waals surface area contributed by atoms with E-state index in [2.05, 4.69) is 62.3 Å². The molecule has 1 fully saturated rings. The van der Waals surface area contributed by atoms with Gasteiger partial charge in [-0.05, 0) is 61.6 Å². The summed E-state index contributed by atoms with van der Waals surface area (Å²) in [5.74, 6) is 2.32. The first kappa shape index (κ1) is 28.6. The average molecular weight is 581 g/mol. The molecule has 0 saturated carbocycles. The molecule has 2 aliphatic rings. The highest BCUT2D eigenvalue weighted by atomic mass is 16.5. The Morgan fingerprint density at radius 2 is 1.88 bits per heavy atom. The Morgan fingerprint density at radius 1 is 1.05 bits per heavy atom. The maximum Gasteiger partial charge on any atom is 0.237 e. The molecular weight excluding hydrogens is 540 g/mol. The van der Waals surface area contributed by atoms with E-state index < -0.39 is 0 Å². The molecule has 43 heavy (non-hydrogen) atoms. The van der Waals surface area contributed by atoms with Crippen LogP contribution >= 0.6 is 0 Å². The summed E-state index contributed by atoms with van der Waals surface area (Å²) in [7, 11) is 3.33. The van der Waals surface area contributed by atoms with Gasteiger partial charge in [-0.25, -0.2) is 0 Å². The molecule has 3 aromatic carbocycles. The maximum absolute atomic E-state index is 13.5. The number of benzene rings is 3. The standard InChI is InChI=1S/C34H40N6O3/c1-42-26-16-15-24(31(20-26)43-2)22-40-32(17-14-23-9-4-3-5-10-23)38-39-33(40)30(37-34(41)29-13-8-18-35-29)19-25-21-36-28-12-7-6-11-27(25)28/h3-7,9-12,15-16,20-21,29-30,32,35-36,38H,8,13-14,17-19,22H2,1-2H3,(H,37,41)/t29-,30+,32?/m0/s1. The van der Waals surface area contributed by atoms with Crippen LogP contribution in [0.4, 0.5) is 0 Å². The predicted octanol–water partition coefficient (Wildman–Crippen LogP) is 4.34. The lowest BCUT2D eigenvalue weighted by atomic mass is 10.0. The van der Waals surface area contributed by atoms with Crippen molar-refractivity contribution in [1.29, 1.82) is 0 Å². The van der Waals surface area contributed by atoms with Crippen LogP contribution in [0.5, 0.6) is 11.5 Å². The average Bonchev–Trinajstić information content (AvgIpc) is 3.82. The van der Waals surface area contributed by atoms with Gasteiger partial charge >= 0.3 is 0 Å². The molecule has 4 N–H and O–H groups in total. The number of H-pyrrole nitrogens is 1. The van der Waals surface area contributed by atoms with Crippen LogP contribution in [-0.4, -0.2) is 60.6 Å². The van der Waals surface area contributed by atoms with Crippen LogP contribution < -0.4 is 25.5 Å². The summed E-state index contributed by atoms with van der Waals surface area (Å²) in [5.41, 5.74) is 7.92. The fourth-order valence-corrected chi connectivity index (χ4v) is 6.15. The summed E-state index contributed by atoms with van der Waals surface area (Å²) in [6.45, 7) is 1.42. The molecule has 0 spiro atoms. The second kappa shape index (κ2) is 13.2. The molecule has 1 amide bonds. The van der Waals surface area contributed by atoms with Gasteiger partial charge in [0.05, 0.1) is 26.3 Å². The molecule has 2 aliphatic heterocycles. The number of hydrogen-bond acceptors (Lipinski definition) is 7. The van der Waals surface area contributed by atoms with Gasteiger partial charge in [-0.2, -0.15) is 5.10 Å². The fourth-order valence-electron chi connectivity index (χ4n) is 6.15. The zero-order valence-electron chi connectivity index (χ0n) is 24.8. The Bertz CT molecular complexity index is 1560. The lowest BCUT2D eigenvalue weighted by Gasteiger charge is -2.32. The van der Waals surface area contributed by atoms with Gasteiger partial charge in [0, 0.05) is 41.7 Å². The van der Waals surface area contributed by atoms with E-state index in [-0.39, 0.29) is 24.2 Å². The molecule has 1 unspecified atom stereocenters. The molecule has 1 saturated heterocycles. The van der Waals surface area contributed by atoms with Gasteiger partial charge in [0.2, 0.25) is 5.91 Å². The largest absolute Gasteiger partial charge is 0.497 e. The zero-order valence-corrected chi connectivity index (χ0v) is 24.8. The van der Waals surface area contributed by atoms with Gasteiger partial charge in [-0.1, -0.05) is 48.5 Å². The number of methoxy groups -OCH3 is 2. The third-order valence-electron chi connectivity index (χ3n) is 8.49. The van der Waals surface area contributed by atoms with E-state index in [1.165, 1.54) is 5.56 Å². The SMILES string of the molecule is COc1ccc(CN2C([C@@H](Cc3c[nH]c4ccccc34)NC(=O)[C@@H]3CCCN3)=NNC2CCc2ccccc2)c(OC)c1. The number of para-hydroxylation sites is 1. The molecule has 224 valence electrons. The molecule has 4 aromatic rings. The monoisotopic (exact) mass is 580 g/mol. The number of aromatic nitrogens is 1. The van der Waals surface area contributed by atoms with E-state index in [4.69, 9.17) is 14.6 Å². The second-order valence-electron chi connectivity index (χ2n) is 11.2. The normalized spacial score (nSPS) is 18.7. The van der Waals surface area contributed by atoms with E-state index in [0.717, 1.165) is 71.6 Å². The number of carbonyl (C=O) groups excluding carboxylic acids is 1. The molecule has 1 aromatic heterocycles. The number of nitrogens with zero attached hydrogens (tertiary/aromatic N) is 2. The first-order valence-electron chi connectivity index (χ1n) is 15.1. The molecule has 0 radical (unpaired) electrons. The minimum absolute atomic E-state index is 0.0137. The van der Waals surface area contributed by atoms with E-state index in [9.17, 15) is 4.79 Å². The number of aromatic amines is 1. The number of ether oxygens (including phenoxy) is 2. The number of fused-ring (bicyclic) bond motifs is 1. The van der Waals surface area contributed by atoms with Gasteiger partial charge < -0.3 is 30.0 Å². The van der Waals surface area contributed by atoms with Crippen LogP contribution in [0.1, 0.15) is 36.0 Å². The molecule has 6 rings (SSSR count). The topological polar surface area (TPSA) is 103 Å². The number of aryl methyl sites for hydroxylation is 1. The highest BCUT2D eigenvalue weighted by Gasteiger charge is 2.36. The van der Waals surface area contributed by atoms with Crippen molar-refractivity contribution < 1.29 is 14.3 Å². The highest BCUT2D eigenvalue weighted by Crippen LogP contribution is 2.29. The van der Waals surface area contributed by atoms with E-state index in [1.807, 2.05) is 42.6 Å². The van der Waals surface area contributed by atoms with Gasteiger partial charge in [0.1, 0.15) is 23.5 Å². The molecular formula is C34H40N6O3. The number of carbonyl (C=O) groups is 1. The first-order valence-corrected chi connectivity index (χ1v) is 15.1. The summed E-state index contributed by atoms with van der Waals surface area (Å²) in [6, 6.07) is 24.1. The minimum Gasteiger partial charge on any atom is -0.497 e. The van der Waals surface area contributed by atoms with Crippen LogP contribution in [0, 0.1) is 0 Å². The van der Waals surface area contributed by atoms with Crippen LogP contribution in [0.2, 0.25) is 0 Å². The van der Waals surface area contributed by atoms with Gasteiger partial charge in [0.15, 0.2) is 0 Å². The zero-order chi connectivity index (χ0) is 29.6. The van der Waals surface area contributed by atoms with E-state index >= 15 is 0 Å².